The highest BCUT2D eigenvalue weighted by molar-refractivity contribution is 6.04. The number of alkyl halides is 3. The zero-order valence-corrected chi connectivity index (χ0v) is 27.0. The minimum absolute atomic E-state index is 0.0191. The molecule has 2 aliphatic rings. The summed E-state index contributed by atoms with van der Waals surface area (Å²) >= 11 is 0. The summed E-state index contributed by atoms with van der Waals surface area (Å²) < 4.78 is 51.7. The van der Waals surface area contributed by atoms with E-state index in [9.17, 15) is 27.6 Å². The van der Waals surface area contributed by atoms with Gasteiger partial charge in [-0.3, -0.25) is 14.4 Å². The largest absolute Gasteiger partial charge is 0.461 e. The van der Waals surface area contributed by atoms with Crippen LogP contribution in [0.2, 0.25) is 0 Å². The molecule has 1 aliphatic heterocycles. The summed E-state index contributed by atoms with van der Waals surface area (Å²) in [5.41, 5.74) is 1.57. The molecule has 9 nitrogen and oxygen atoms in total. The number of halogens is 3. The maximum atomic E-state index is 13.7. The first-order valence-electron chi connectivity index (χ1n) is 16.4. The molecule has 2 unspecified atom stereocenters. The van der Waals surface area contributed by atoms with Crippen molar-refractivity contribution in [2.45, 2.75) is 50.9 Å². The number of anilines is 2. The molecule has 1 aromatic heterocycles. The summed E-state index contributed by atoms with van der Waals surface area (Å²) in [6.07, 6.45) is -1.34. The Balaban J connectivity index is 1.02. The van der Waals surface area contributed by atoms with Crippen molar-refractivity contribution >= 4 is 29.2 Å². The number of amides is 2. The third-order valence-corrected chi connectivity index (χ3v) is 9.33. The fourth-order valence-corrected chi connectivity index (χ4v) is 6.64. The Kier molecular flexibility index (Phi) is 10.0. The summed E-state index contributed by atoms with van der Waals surface area (Å²) in [7, 11) is 1.81. The van der Waals surface area contributed by atoms with Crippen molar-refractivity contribution in [2.75, 3.05) is 30.4 Å². The lowest BCUT2D eigenvalue weighted by molar-refractivity contribution is -0.155. The average Bonchev–Trinajstić information content (AvgIpc) is 3.81. The van der Waals surface area contributed by atoms with E-state index < -0.39 is 29.5 Å². The van der Waals surface area contributed by atoms with Gasteiger partial charge in [-0.15, -0.1) is 0 Å². The van der Waals surface area contributed by atoms with Crippen LogP contribution in [0.3, 0.4) is 0 Å². The van der Waals surface area contributed by atoms with Crippen LogP contribution < -0.4 is 10.2 Å². The van der Waals surface area contributed by atoms with Crippen molar-refractivity contribution in [3.05, 3.63) is 102 Å². The number of hydrogen-bond acceptors (Lipinski definition) is 7. The number of nitrogens with one attached hydrogen (secondary N) is 1. The summed E-state index contributed by atoms with van der Waals surface area (Å²) in [6, 6.07) is 24.4. The van der Waals surface area contributed by atoms with Gasteiger partial charge in [0.2, 0.25) is 17.6 Å². The number of benzene rings is 3. The van der Waals surface area contributed by atoms with E-state index in [2.05, 4.69) is 15.2 Å². The number of ether oxygens (including phenoxy) is 1. The Hall–Kier alpha value is -5.13. The topological polar surface area (TPSA) is 105 Å². The number of hydrogen-bond donors (Lipinski definition) is 1. The van der Waals surface area contributed by atoms with E-state index in [1.807, 2.05) is 37.4 Å². The van der Waals surface area contributed by atoms with Gasteiger partial charge in [-0.05, 0) is 67.6 Å². The van der Waals surface area contributed by atoms with Crippen molar-refractivity contribution in [2.24, 2.45) is 11.8 Å². The lowest BCUT2D eigenvalue weighted by Gasteiger charge is -2.39. The highest BCUT2D eigenvalue weighted by Gasteiger charge is 2.43. The molecule has 1 saturated heterocycles. The Morgan fingerprint density at radius 3 is 2.18 bits per heavy atom. The molecule has 12 heteroatoms. The molecule has 0 radical (unpaired) electrons. The summed E-state index contributed by atoms with van der Waals surface area (Å²) in [6.45, 7) is 1.55. The van der Waals surface area contributed by atoms with Crippen molar-refractivity contribution in [1.82, 2.24) is 9.88 Å². The number of esters is 1. The fraction of sp³-hybridized carbons (Fsp3) is 0.351. The third-order valence-electron chi connectivity index (χ3n) is 9.33. The zero-order chi connectivity index (χ0) is 34.5. The number of aromatic nitrogens is 1. The quantitative estimate of drug-likeness (QED) is 0.187. The molecule has 3 aromatic carbocycles. The van der Waals surface area contributed by atoms with Gasteiger partial charge in [0.15, 0.2) is 5.69 Å². The van der Waals surface area contributed by atoms with Gasteiger partial charge in [0.05, 0.1) is 11.8 Å². The third kappa shape index (κ3) is 7.79. The van der Waals surface area contributed by atoms with Crippen LogP contribution >= 0.6 is 0 Å². The number of carbonyl (C=O) groups excluding carboxylic acids is 3. The molecule has 4 aromatic rings. The van der Waals surface area contributed by atoms with Gasteiger partial charge in [-0.1, -0.05) is 55.0 Å². The molecule has 6 rings (SSSR count). The predicted molar refractivity (Wildman–Crippen MR) is 176 cm³/mol. The molecule has 1 saturated carbocycles. The fourth-order valence-electron chi connectivity index (χ4n) is 6.64. The molecule has 2 heterocycles. The van der Waals surface area contributed by atoms with Gasteiger partial charge in [-0.2, -0.15) is 13.2 Å². The maximum Gasteiger partial charge on any atom is 0.452 e. The van der Waals surface area contributed by atoms with Gasteiger partial charge >= 0.3 is 12.1 Å². The minimum Gasteiger partial charge on any atom is -0.461 e. The van der Waals surface area contributed by atoms with E-state index in [4.69, 9.17) is 9.15 Å². The molecule has 1 aliphatic carbocycles. The van der Waals surface area contributed by atoms with E-state index in [0.29, 0.717) is 37.2 Å². The molecule has 49 heavy (non-hydrogen) atoms. The van der Waals surface area contributed by atoms with Gasteiger partial charge in [0.25, 0.3) is 5.91 Å². The summed E-state index contributed by atoms with van der Waals surface area (Å²) in [5.74, 6) is -3.95. The van der Waals surface area contributed by atoms with Crippen LogP contribution in [0, 0.1) is 11.8 Å². The van der Waals surface area contributed by atoms with Crippen LogP contribution in [0.1, 0.15) is 53.9 Å². The second-order valence-electron chi connectivity index (χ2n) is 12.5. The number of oxazole rings is 1. The van der Waals surface area contributed by atoms with Crippen LogP contribution in [0.25, 0.3) is 11.5 Å². The smallest absolute Gasteiger partial charge is 0.452 e. The van der Waals surface area contributed by atoms with Crippen LogP contribution in [-0.4, -0.2) is 53.8 Å². The van der Waals surface area contributed by atoms with Gasteiger partial charge in [0, 0.05) is 43.1 Å². The van der Waals surface area contributed by atoms with E-state index in [1.54, 1.807) is 59.5 Å². The van der Waals surface area contributed by atoms with Gasteiger partial charge in [-0.25, -0.2) is 4.98 Å². The standard InChI is InChI=1S/C37H37F3N4O5/c1-43(35(46)29-13-8-14-30(29)36(47)48-23-24-9-4-2-5-10-24)27-19-21-44(22-20-27)28-17-15-26(16-18-28)41-33(45)31-32(37(38,39)40)49-34(42-31)25-11-6-3-7-12-25/h2-7,9-12,15-18,27,29-30H,8,13-14,19-23H2,1H3,(H,41,45). The second kappa shape index (κ2) is 14.6. The number of piperidine rings is 1. The second-order valence-corrected chi connectivity index (χ2v) is 12.5. The first-order chi connectivity index (χ1) is 23.6. The number of nitrogens with zero attached hydrogens (tertiary/aromatic N) is 3. The molecular formula is C37H37F3N4O5. The van der Waals surface area contributed by atoms with E-state index in [0.717, 1.165) is 30.5 Å². The Labute approximate surface area is 282 Å². The maximum absolute atomic E-state index is 13.7. The van der Waals surface area contributed by atoms with Crippen molar-refractivity contribution in [3.63, 3.8) is 0 Å². The lowest BCUT2D eigenvalue weighted by Crippen LogP contribution is -2.48. The average molecular weight is 675 g/mol. The Morgan fingerprint density at radius 1 is 0.898 bits per heavy atom. The van der Waals surface area contributed by atoms with E-state index >= 15 is 0 Å². The monoisotopic (exact) mass is 674 g/mol. The highest BCUT2D eigenvalue weighted by Crippen LogP contribution is 2.37. The Bertz CT molecular complexity index is 1750. The summed E-state index contributed by atoms with van der Waals surface area (Å²) in [5, 5.41) is 2.50. The van der Waals surface area contributed by atoms with Crippen molar-refractivity contribution < 1.29 is 36.7 Å². The first-order valence-corrected chi connectivity index (χ1v) is 16.4. The first kappa shape index (κ1) is 33.8. The van der Waals surface area contributed by atoms with E-state index in [-0.39, 0.29) is 36.3 Å². The molecule has 2 atom stereocenters. The number of carbonyl (C=O) groups is 3. The number of rotatable bonds is 9. The molecular weight excluding hydrogens is 637 g/mol. The van der Waals surface area contributed by atoms with Crippen molar-refractivity contribution in [3.8, 4) is 11.5 Å². The van der Waals surface area contributed by atoms with Crippen molar-refractivity contribution in [1.29, 1.82) is 0 Å². The molecule has 2 amide bonds. The SMILES string of the molecule is CN(C(=O)C1CCCC1C(=O)OCc1ccccc1)C1CCN(c2ccc(NC(=O)c3nc(-c4ccccc4)oc3C(F)(F)F)cc2)CC1. The molecule has 2 fully saturated rings. The van der Waals surface area contributed by atoms with E-state index in [1.165, 1.54) is 0 Å². The molecule has 0 spiro atoms. The molecule has 1 N–H and O–H groups in total. The van der Waals surface area contributed by atoms with Gasteiger partial charge in [0.1, 0.15) is 6.61 Å². The Morgan fingerprint density at radius 2 is 1.53 bits per heavy atom. The summed E-state index contributed by atoms with van der Waals surface area (Å²) in [4.78, 5) is 47.2. The van der Waals surface area contributed by atoms with Gasteiger partial charge < -0.3 is 24.3 Å². The molecule has 0 bridgehead atoms. The van der Waals surface area contributed by atoms with Crippen LogP contribution in [0.4, 0.5) is 24.5 Å². The predicted octanol–water partition coefficient (Wildman–Crippen LogP) is 7.20. The minimum atomic E-state index is -4.91. The van der Waals surface area contributed by atoms with Crippen LogP contribution in [0.5, 0.6) is 0 Å². The van der Waals surface area contributed by atoms with Crippen LogP contribution in [-0.2, 0) is 27.1 Å². The molecule has 256 valence electrons. The lowest BCUT2D eigenvalue weighted by atomic mass is 9.93. The van der Waals surface area contributed by atoms with Crippen LogP contribution in [0.15, 0.2) is 89.3 Å². The highest BCUT2D eigenvalue weighted by atomic mass is 19.4. The zero-order valence-electron chi connectivity index (χ0n) is 27.0. The normalized spacial score (nSPS) is 18.2.